The van der Waals surface area contributed by atoms with Gasteiger partial charge in [-0.25, -0.2) is 0 Å². The largest absolute Gasteiger partial charge is 0.314 e. The highest BCUT2D eigenvalue weighted by molar-refractivity contribution is 5.01. The van der Waals surface area contributed by atoms with Crippen molar-refractivity contribution in [2.24, 2.45) is 5.92 Å². The molecule has 11 heavy (non-hydrogen) atoms. The van der Waals surface area contributed by atoms with Gasteiger partial charge in [0.1, 0.15) is 0 Å². The molecule has 0 aromatic heterocycles. The van der Waals surface area contributed by atoms with Gasteiger partial charge < -0.3 is 5.32 Å². The van der Waals surface area contributed by atoms with Gasteiger partial charge in [-0.15, -0.1) is 0 Å². The molecule has 3 fully saturated rings. The maximum Gasteiger partial charge on any atom is 0.0252 e. The number of hydrogen-bond donors (Lipinski definition) is 1. The molecule has 3 rings (SSSR count). The summed E-state index contributed by atoms with van der Waals surface area (Å²) in [6.07, 6.45) is 4.50. The molecule has 2 nitrogen and oxygen atoms in total. The van der Waals surface area contributed by atoms with Crippen LogP contribution in [0, 0.1) is 5.92 Å². The summed E-state index contributed by atoms with van der Waals surface area (Å²) >= 11 is 0. The fourth-order valence-electron chi connectivity index (χ4n) is 3.27. The van der Waals surface area contributed by atoms with E-state index in [4.69, 9.17) is 0 Å². The van der Waals surface area contributed by atoms with Crippen molar-refractivity contribution in [1.29, 1.82) is 0 Å². The second kappa shape index (κ2) is 2.20. The van der Waals surface area contributed by atoms with E-state index in [2.05, 4.69) is 10.2 Å². The van der Waals surface area contributed by atoms with Crippen LogP contribution in [0.5, 0.6) is 0 Å². The minimum Gasteiger partial charge on any atom is -0.314 e. The molecule has 0 radical (unpaired) electrons. The molecular weight excluding hydrogens is 136 g/mol. The van der Waals surface area contributed by atoms with Crippen LogP contribution >= 0.6 is 0 Å². The zero-order valence-electron chi connectivity index (χ0n) is 6.92. The molecule has 2 aliphatic heterocycles. The van der Waals surface area contributed by atoms with E-state index >= 15 is 0 Å². The van der Waals surface area contributed by atoms with E-state index < -0.39 is 0 Å². The Morgan fingerprint density at radius 3 is 3.18 bits per heavy atom. The lowest BCUT2D eigenvalue weighted by Gasteiger charge is -2.39. The van der Waals surface area contributed by atoms with E-state index in [9.17, 15) is 0 Å². The van der Waals surface area contributed by atoms with Gasteiger partial charge in [0.25, 0.3) is 0 Å². The van der Waals surface area contributed by atoms with Gasteiger partial charge in [-0.1, -0.05) is 0 Å². The fourth-order valence-corrected chi connectivity index (χ4v) is 3.27. The van der Waals surface area contributed by atoms with E-state index in [0.29, 0.717) is 0 Å². The number of piperazine rings is 1. The third-order valence-corrected chi connectivity index (χ3v) is 3.78. The molecule has 1 N–H and O–H groups in total. The summed E-state index contributed by atoms with van der Waals surface area (Å²) in [7, 11) is 0. The van der Waals surface area contributed by atoms with E-state index in [1.807, 2.05) is 0 Å². The highest BCUT2D eigenvalue weighted by Gasteiger charge is 2.45. The van der Waals surface area contributed by atoms with Gasteiger partial charge >= 0.3 is 0 Å². The van der Waals surface area contributed by atoms with Crippen molar-refractivity contribution in [3.8, 4) is 0 Å². The Hall–Kier alpha value is -0.0800. The predicted molar refractivity (Wildman–Crippen MR) is 44.5 cm³/mol. The predicted octanol–water partition coefficient (Wildman–Crippen LogP) is 0.442. The number of nitrogens with zero attached hydrogens (tertiary/aromatic N) is 1. The van der Waals surface area contributed by atoms with Gasteiger partial charge in [0.05, 0.1) is 0 Å². The molecule has 2 saturated heterocycles. The number of piperidine rings is 1. The first-order chi connectivity index (χ1) is 5.45. The number of fused-ring (bicyclic) bond motifs is 5. The standard InChI is InChI=1S/C9H16N2/c1-2-8-5-7(1)9-6-10-3-4-11(8)9/h7-10H,1-6H2/t7-,8+,9-/m1/s1. The molecular formula is C9H16N2. The summed E-state index contributed by atoms with van der Waals surface area (Å²) in [5.74, 6) is 1.05. The Balaban J connectivity index is 1.84. The third-order valence-electron chi connectivity index (χ3n) is 3.78. The second-order valence-electron chi connectivity index (χ2n) is 4.24. The van der Waals surface area contributed by atoms with Crippen LogP contribution in [0.1, 0.15) is 19.3 Å². The minimum atomic E-state index is 0.919. The molecule has 1 saturated carbocycles. The first kappa shape index (κ1) is 6.44. The Bertz CT molecular complexity index is 151. The van der Waals surface area contributed by atoms with Crippen molar-refractivity contribution >= 4 is 0 Å². The van der Waals surface area contributed by atoms with Crippen molar-refractivity contribution in [3.05, 3.63) is 0 Å². The van der Waals surface area contributed by atoms with Crippen LogP contribution in [-0.4, -0.2) is 36.6 Å². The zero-order valence-corrected chi connectivity index (χ0v) is 6.92. The van der Waals surface area contributed by atoms with Crippen molar-refractivity contribution in [2.45, 2.75) is 31.3 Å². The van der Waals surface area contributed by atoms with Gasteiger partial charge in [0.2, 0.25) is 0 Å². The van der Waals surface area contributed by atoms with Crippen LogP contribution in [0.25, 0.3) is 0 Å². The summed E-state index contributed by atoms with van der Waals surface area (Å²) in [4.78, 5) is 2.75. The van der Waals surface area contributed by atoms with Crippen LogP contribution in [0.3, 0.4) is 0 Å². The third kappa shape index (κ3) is 0.798. The monoisotopic (exact) mass is 152 g/mol. The smallest absolute Gasteiger partial charge is 0.0252 e. The molecule has 2 heteroatoms. The number of nitrogens with one attached hydrogen (secondary N) is 1. The molecule has 0 spiro atoms. The average molecular weight is 152 g/mol. The summed E-state index contributed by atoms with van der Waals surface area (Å²) in [5.41, 5.74) is 0. The molecule has 3 aliphatic rings. The molecule has 1 aliphatic carbocycles. The second-order valence-corrected chi connectivity index (χ2v) is 4.24. The maximum absolute atomic E-state index is 3.50. The van der Waals surface area contributed by atoms with Gasteiger partial charge in [-0.2, -0.15) is 0 Å². The SMILES string of the molecule is C1CN2[C@H]3CC[C@H](C3)[C@H]2CN1. The van der Waals surface area contributed by atoms with Crippen LogP contribution < -0.4 is 5.32 Å². The molecule has 62 valence electrons. The molecule has 2 bridgehead atoms. The van der Waals surface area contributed by atoms with Crippen LogP contribution in [-0.2, 0) is 0 Å². The lowest BCUT2D eigenvalue weighted by atomic mass is 9.97. The molecule has 3 atom stereocenters. The molecule has 0 unspecified atom stereocenters. The van der Waals surface area contributed by atoms with E-state index in [-0.39, 0.29) is 0 Å². The quantitative estimate of drug-likeness (QED) is 0.542. The molecule has 2 heterocycles. The Kier molecular flexibility index (Phi) is 1.29. The average Bonchev–Trinajstić information content (AvgIpc) is 2.64. The summed E-state index contributed by atoms with van der Waals surface area (Å²) < 4.78 is 0. The fraction of sp³-hybridized carbons (Fsp3) is 1.00. The highest BCUT2D eigenvalue weighted by atomic mass is 15.3. The summed E-state index contributed by atoms with van der Waals surface area (Å²) in [6, 6.07) is 1.90. The minimum absolute atomic E-state index is 0.919. The van der Waals surface area contributed by atoms with E-state index in [1.54, 1.807) is 0 Å². The van der Waals surface area contributed by atoms with Crippen LogP contribution in [0.2, 0.25) is 0 Å². The molecule has 0 amide bonds. The molecule has 0 aromatic rings. The van der Waals surface area contributed by atoms with Gasteiger partial charge in [-0.3, -0.25) is 4.90 Å². The highest BCUT2D eigenvalue weighted by Crippen LogP contribution is 2.42. The first-order valence-corrected chi connectivity index (χ1v) is 4.91. The number of rotatable bonds is 0. The van der Waals surface area contributed by atoms with Gasteiger partial charge in [0, 0.05) is 31.7 Å². The Labute approximate surface area is 68.0 Å². The van der Waals surface area contributed by atoms with Gasteiger partial charge in [-0.05, 0) is 25.2 Å². The first-order valence-electron chi connectivity index (χ1n) is 4.91. The zero-order chi connectivity index (χ0) is 7.26. The van der Waals surface area contributed by atoms with E-state index in [0.717, 1.165) is 18.0 Å². The summed E-state index contributed by atoms with van der Waals surface area (Å²) in [5, 5.41) is 3.50. The Morgan fingerprint density at radius 2 is 2.27 bits per heavy atom. The maximum atomic E-state index is 3.50. The molecule has 0 aromatic carbocycles. The van der Waals surface area contributed by atoms with Crippen molar-refractivity contribution in [3.63, 3.8) is 0 Å². The Morgan fingerprint density at radius 1 is 1.27 bits per heavy atom. The van der Waals surface area contributed by atoms with Gasteiger partial charge in [0.15, 0.2) is 0 Å². The van der Waals surface area contributed by atoms with Crippen molar-refractivity contribution in [2.75, 3.05) is 19.6 Å². The number of hydrogen-bond acceptors (Lipinski definition) is 2. The van der Waals surface area contributed by atoms with Crippen molar-refractivity contribution < 1.29 is 0 Å². The lowest BCUT2D eigenvalue weighted by Crippen LogP contribution is -2.53. The normalized spacial score (nSPS) is 49.6. The van der Waals surface area contributed by atoms with Crippen LogP contribution in [0.15, 0.2) is 0 Å². The lowest BCUT2D eigenvalue weighted by molar-refractivity contribution is 0.112. The van der Waals surface area contributed by atoms with Crippen molar-refractivity contribution in [1.82, 2.24) is 10.2 Å². The topological polar surface area (TPSA) is 15.3 Å². The van der Waals surface area contributed by atoms with E-state index in [1.165, 1.54) is 38.9 Å². The summed E-state index contributed by atoms with van der Waals surface area (Å²) in [6.45, 7) is 3.80. The van der Waals surface area contributed by atoms with Crippen LogP contribution in [0.4, 0.5) is 0 Å².